The maximum Gasteiger partial charge on any atom is 0.137 e. The van der Waals surface area contributed by atoms with Crippen molar-refractivity contribution in [1.29, 1.82) is 0 Å². The molecule has 2 aromatic rings. The highest BCUT2D eigenvalue weighted by Crippen LogP contribution is 2.31. The molecule has 0 amide bonds. The van der Waals surface area contributed by atoms with E-state index in [1.54, 1.807) is 0 Å². The molecule has 0 unspecified atom stereocenters. The highest BCUT2D eigenvalue weighted by Gasteiger charge is 2.17. The van der Waals surface area contributed by atoms with Gasteiger partial charge in [-0.3, -0.25) is 0 Å². The van der Waals surface area contributed by atoms with Crippen LogP contribution in [0, 0.1) is 25.7 Å². The average molecular weight is 287 g/mol. The van der Waals surface area contributed by atoms with Gasteiger partial charge < -0.3 is 9.73 Å². The van der Waals surface area contributed by atoms with Gasteiger partial charge >= 0.3 is 0 Å². The molecule has 0 atom stereocenters. The van der Waals surface area contributed by atoms with E-state index in [0.717, 1.165) is 30.9 Å². The highest BCUT2D eigenvalue weighted by atomic mass is 16.3. The van der Waals surface area contributed by atoms with Crippen LogP contribution in [0.5, 0.6) is 0 Å². The number of fused-ring (bicyclic) bond motifs is 1. The summed E-state index contributed by atoms with van der Waals surface area (Å²) in [5.41, 5.74) is 5.04. The zero-order valence-corrected chi connectivity index (χ0v) is 14.3. The quantitative estimate of drug-likeness (QED) is 0.809. The molecular weight excluding hydrogens is 258 g/mol. The summed E-state index contributed by atoms with van der Waals surface area (Å²) >= 11 is 0. The molecule has 1 N–H and O–H groups in total. The van der Waals surface area contributed by atoms with Crippen LogP contribution in [0.15, 0.2) is 16.5 Å². The third-order valence-electron chi connectivity index (χ3n) is 4.01. The van der Waals surface area contributed by atoms with Gasteiger partial charge in [0.2, 0.25) is 0 Å². The lowest BCUT2D eigenvalue weighted by molar-refractivity contribution is 0.476. The van der Waals surface area contributed by atoms with Crippen molar-refractivity contribution in [3.8, 4) is 0 Å². The Morgan fingerprint density at radius 3 is 2.38 bits per heavy atom. The minimum atomic E-state index is 0.635. The summed E-state index contributed by atoms with van der Waals surface area (Å²) in [6, 6.07) is 4.44. The standard InChI is InChI=1S/C19H29NO/c1-12(2)9-17-16-8-7-14(5)15(6)19(16)21-18(17)11-20-10-13(3)4/h7-8,12-13,20H,9-11H2,1-6H3. The van der Waals surface area contributed by atoms with Crippen molar-refractivity contribution >= 4 is 11.0 Å². The van der Waals surface area contributed by atoms with E-state index in [-0.39, 0.29) is 0 Å². The van der Waals surface area contributed by atoms with E-state index >= 15 is 0 Å². The molecule has 1 heterocycles. The van der Waals surface area contributed by atoms with Gasteiger partial charge in [-0.25, -0.2) is 0 Å². The SMILES string of the molecule is Cc1ccc2c(CC(C)C)c(CNCC(C)C)oc2c1C. The Hall–Kier alpha value is -1.28. The lowest BCUT2D eigenvalue weighted by Crippen LogP contribution is -2.19. The van der Waals surface area contributed by atoms with Crippen LogP contribution >= 0.6 is 0 Å². The van der Waals surface area contributed by atoms with E-state index in [1.807, 2.05) is 0 Å². The normalized spacial score (nSPS) is 12.0. The van der Waals surface area contributed by atoms with Gasteiger partial charge in [-0.2, -0.15) is 0 Å². The summed E-state index contributed by atoms with van der Waals surface area (Å²) in [6.45, 7) is 15.2. The topological polar surface area (TPSA) is 25.2 Å². The molecule has 2 heteroatoms. The van der Waals surface area contributed by atoms with Gasteiger partial charge in [-0.15, -0.1) is 0 Å². The molecule has 1 aromatic carbocycles. The molecule has 0 spiro atoms. The largest absolute Gasteiger partial charge is 0.459 e. The predicted molar refractivity (Wildman–Crippen MR) is 90.8 cm³/mol. The van der Waals surface area contributed by atoms with Crippen molar-refractivity contribution in [1.82, 2.24) is 5.32 Å². The Morgan fingerprint density at radius 2 is 1.76 bits per heavy atom. The van der Waals surface area contributed by atoms with Gasteiger partial charge in [0.25, 0.3) is 0 Å². The Balaban J connectivity index is 2.39. The lowest BCUT2D eigenvalue weighted by atomic mass is 9.97. The number of benzene rings is 1. The number of aryl methyl sites for hydroxylation is 2. The third-order valence-corrected chi connectivity index (χ3v) is 4.01. The number of hydrogen-bond donors (Lipinski definition) is 1. The fourth-order valence-electron chi connectivity index (χ4n) is 2.74. The Kier molecular flexibility index (Phi) is 5.10. The maximum absolute atomic E-state index is 6.23. The molecule has 21 heavy (non-hydrogen) atoms. The predicted octanol–water partition coefficient (Wildman–Crippen LogP) is 4.99. The van der Waals surface area contributed by atoms with E-state index < -0.39 is 0 Å². The minimum absolute atomic E-state index is 0.635. The highest BCUT2D eigenvalue weighted by molar-refractivity contribution is 5.85. The van der Waals surface area contributed by atoms with Crippen LogP contribution in [0.1, 0.15) is 50.1 Å². The summed E-state index contributed by atoms with van der Waals surface area (Å²) in [5, 5.41) is 4.82. The molecule has 2 nitrogen and oxygen atoms in total. The molecular formula is C19H29NO. The minimum Gasteiger partial charge on any atom is -0.459 e. The first-order valence-electron chi connectivity index (χ1n) is 8.11. The van der Waals surface area contributed by atoms with Crippen LogP contribution in [-0.2, 0) is 13.0 Å². The Labute approximate surface area is 128 Å². The van der Waals surface area contributed by atoms with Gasteiger partial charge in [0.05, 0.1) is 6.54 Å². The lowest BCUT2D eigenvalue weighted by Gasteiger charge is -2.09. The van der Waals surface area contributed by atoms with E-state index in [0.29, 0.717) is 11.8 Å². The van der Waals surface area contributed by atoms with Gasteiger partial charge in [-0.1, -0.05) is 39.8 Å². The number of rotatable bonds is 6. The van der Waals surface area contributed by atoms with Crippen LogP contribution in [-0.4, -0.2) is 6.54 Å². The number of furan rings is 1. The molecule has 2 rings (SSSR count). The van der Waals surface area contributed by atoms with Crippen molar-refractivity contribution < 1.29 is 4.42 Å². The molecule has 0 saturated heterocycles. The van der Waals surface area contributed by atoms with E-state index in [9.17, 15) is 0 Å². The number of nitrogens with one attached hydrogen (secondary N) is 1. The van der Waals surface area contributed by atoms with Crippen molar-refractivity contribution in [2.24, 2.45) is 11.8 Å². The van der Waals surface area contributed by atoms with Crippen LogP contribution in [0.3, 0.4) is 0 Å². The van der Waals surface area contributed by atoms with Crippen molar-refractivity contribution in [2.75, 3.05) is 6.54 Å². The fraction of sp³-hybridized carbons (Fsp3) is 0.579. The molecule has 0 aliphatic heterocycles. The Morgan fingerprint density at radius 1 is 1.05 bits per heavy atom. The first kappa shape index (κ1) is 16.1. The van der Waals surface area contributed by atoms with Gasteiger partial charge in [0, 0.05) is 10.9 Å². The average Bonchev–Trinajstić information content (AvgIpc) is 2.72. The molecule has 0 bridgehead atoms. The molecule has 0 aliphatic carbocycles. The van der Waals surface area contributed by atoms with Crippen LogP contribution in [0.25, 0.3) is 11.0 Å². The van der Waals surface area contributed by atoms with E-state index in [4.69, 9.17) is 4.42 Å². The number of hydrogen-bond acceptors (Lipinski definition) is 2. The molecule has 0 saturated carbocycles. The smallest absolute Gasteiger partial charge is 0.137 e. The van der Waals surface area contributed by atoms with Gasteiger partial charge in [0.1, 0.15) is 11.3 Å². The van der Waals surface area contributed by atoms with E-state index in [1.165, 1.54) is 22.1 Å². The second kappa shape index (κ2) is 6.65. The van der Waals surface area contributed by atoms with Gasteiger partial charge in [-0.05, 0) is 49.8 Å². The summed E-state index contributed by atoms with van der Waals surface area (Å²) < 4.78 is 6.23. The van der Waals surface area contributed by atoms with Crippen molar-refractivity contribution in [3.63, 3.8) is 0 Å². The van der Waals surface area contributed by atoms with Crippen LogP contribution in [0.2, 0.25) is 0 Å². The third kappa shape index (κ3) is 3.68. The summed E-state index contributed by atoms with van der Waals surface area (Å²) in [7, 11) is 0. The van der Waals surface area contributed by atoms with Crippen molar-refractivity contribution in [2.45, 2.75) is 54.5 Å². The van der Waals surface area contributed by atoms with Crippen LogP contribution < -0.4 is 5.32 Å². The Bertz CT molecular complexity index is 608. The second-order valence-corrected chi connectivity index (χ2v) is 7.01. The summed E-state index contributed by atoms with van der Waals surface area (Å²) in [6.07, 6.45) is 1.08. The van der Waals surface area contributed by atoms with Crippen LogP contribution in [0.4, 0.5) is 0 Å². The zero-order chi connectivity index (χ0) is 15.6. The molecule has 116 valence electrons. The summed E-state index contributed by atoms with van der Waals surface area (Å²) in [4.78, 5) is 0. The zero-order valence-electron chi connectivity index (χ0n) is 14.3. The monoisotopic (exact) mass is 287 g/mol. The second-order valence-electron chi connectivity index (χ2n) is 7.01. The molecule has 0 radical (unpaired) electrons. The van der Waals surface area contributed by atoms with E-state index in [2.05, 4.69) is 59.0 Å². The first-order chi connectivity index (χ1) is 9.90. The first-order valence-corrected chi connectivity index (χ1v) is 8.11. The molecule has 0 fully saturated rings. The van der Waals surface area contributed by atoms with Gasteiger partial charge in [0.15, 0.2) is 0 Å². The summed E-state index contributed by atoms with van der Waals surface area (Å²) in [5.74, 6) is 2.41. The molecule has 1 aromatic heterocycles. The van der Waals surface area contributed by atoms with Crippen molar-refractivity contribution in [3.05, 3.63) is 34.6 Å². The molecule has 0 aliphatic rings. The maximum atomic E-state index is 6.23. The fourth-order valence-corrected chi connectivity index (χ4v) is 2.74.